The molecule has 0 radical (unpaired) electrons. The van der Waals surface area contributed by atoms with E-state index in [1.807, 2.05) is 69.3 Å². The van der Waals surface area contributed by atoms with E-state index < -0.39 is 0 Å². The Morgan fingerprint density at radius 3 is 2.54 bits per heavy atom. The minimum Gasteiger partial charge on any atom is -0.494 e. The Labute approximate surface area is 143 Å². The quantitative estimate of drug-likeness (QED) is 0.722. The van der Waals surface area contributed by atoms with Gasteiger partial charge in [-0.25, -0.2) is 0 Å². The molecule has 0 heterocycles. The summed E-state index contributed by atoms with van der Waals surface area (Å²) in [6.07, 6.45) is 1.19. The minimum absolute atomic E-state index is 0.0239. The van der Waals surface area contributed by atoms with E-state index in [0.717, 1.165) is 17.2 Å². The van der Waals surface area contributed by atoms with Gasteiger partial charge in [-0.2, -0.15) is 0 Å². The summed E-state index contributed by atoms with van der Waals surface area (Å²) in [5.74, 6) is 1.56. The lowest BCUT2D eigenvalue weighted by atomic mass is 10.2. The van der Waals surface area contributed by atoms with Crippen LogP contribution < -0.4 is 14.8 Å². The third-order valence-electron chi connectivity index (χ3n) is 3.33. The van der Waals surface area contributed by atoms with E-state index >= 15 is 0 Å². The maximum absolute atomic E-state index is 12.0. The molecule has 0 spiro atoms. The van der Waals surface area contributed by atoms with Gasteiger partial charge in [-0.3, -0.25) is 4.79 Å². The molecule has 1 N–H and O–H groups in total. The summed E-state index contributed by atoms with van der Waals surface area (Å²) >= 11 is 0. The lowest BCUT2D eigenvalue weighted by molar-refractivity contribution is -0.116. The molecule has 0 aliphatic rings. The van der Waals surface area contributed by atoms with Gasteiger partial charge in [0.25, 0.3) is 0 Å². The predicted molar refractivity (Wildman–Crippen MR) is 96.7 cm³/mol. The Morgan fingerprint density at radius 2 is 1.83 bits per heavy atom. The highest BCUT2D eigenvalue weighted by Crippen LogP contribution is 2.19. The molecule has 0 aliphatic heterocycles. The van der Waals surface area contributed by atoms with Crippen LogP contribution in [0.2, 0.25) is 0 Å². The van der Waals surface area contributed by atoms with Gasteiger partial charge >= 0.3 is 0 Å². The second-order valence-electron chi connectivity index (χ2n) is 6.01. The number of aryl methyl sites for hydroxylation is 1. The van der Waals surface area contributed by atoms with Crippen molar-refractivity contribution in [3.63, 3.8) is 0 Å². The van der Waals surface area contributed by atoms with Crippen LogP contribution in [0.25, 0.3) is 0 Å². The molecule has 0 fully saturated rings. The fourth-order valence-electron chi connectivity index (χ4n) is 2.20. The molecule has 2 aromatic carbocycles. The van der Waals surface area contributed by atoms with E-state index in [9.17, 15) is 4.79 Å². The van der Waals surface area contributed by atoms with Gasteiger partial charge in [0, 0.05) is 18.2 Å². The molecule has 0 unspecified atom stereocenters. The number of carbonyl (C=O) groups is 1. The number of anilines is 1. The summed E-state index contributed by atoms with van der Waals surface area (Å²) in [7, 11) is 0. The van der Waals surface area contributed by atoms with Crippen molar-refractivity contribution in [1.82, 2.24) is 0 Å². The maximum atomic E-state index is 12.0. The highest BCUT2D eigenvalue weighted by atomic mass is 16.5. The molecule has 2 aromatic rings. The van der Waals surface area contributed by atoms with Gasteiger partial charge in [-0.1, -0.05) is 23.8 Å². The van der Waals surface area contributed by atoms with Gasteiger partial charge in [0.15, 0.2) is 0 Å². The van der Waals surface area contributed by atoms with Crippen LogP contribution in [-0.4, -0.2) is 18.6 Å². The van der Waals surface area contributed by atoms with Gasteiger partial charge in [0.2, 0.25) is 5.91 Å². The first kappa shape index (κ1) is 17.9. The average Bonchev–Trinajstić information content (AvgIpc) is 2.53. The van der Waals surface area contributed by atoms with Crippen molar-refractivity contribution in [1.29, 1.82) is 0 Å². The summed E-state index contributed by atoms with van der Waals surface area (Å²) in [5, 5.41) is 2.89. The molecular formula is C20H25NO3. The van der Waals surface area contributed by atoms with Gasteiger partial charge in [-0.05, 0) is 51.5 Å². The molecule has 0 aromatic heterocycles. The zero-order chi connectivity index (χ0) is 17.4. The van der Waals surface area contributed by atoms with Crippen LogP contribution in [0.15, 0.2) is 48.5 Å². The SMILES string of the molecule is Cc1ccc(OCCCC(=O)Nc2cccc(OC(C)C)c2)cc1. The molecule has 128 valence electrons. The van der Waals surface area contributed by atoms with E-state index in [2.05, 4.69) is 5.32 Å². The Balaban J connectivity index is 1.72. The molecular weight excluding hydrogens is 302 g/mol. The summed E-state index contributed by atoms with van der Waals surface area (Å²) in [5.41, 5.74) is 1.95. The molecule has 0 saturated heterocycles. The number of hydrogen-bond acceptors (Lipinski definition) is 3. The van der Waals surface area contributed by atoms with Gasteiger partial charge in [0.05, 0.1) is 12.7 Å². The normalized spacial score (nSPS) is 10.5. The number of rotatable bonds is 8. The molecule has 24 heavy (non-hydrogen) atoms. The Kier molecular flexibility index (Phi) is 6.67. The zero-order valence-corrected chi connectivity index (χ0v) is 14.5. The number of ether oxygens (including phenoxy) is 2. The van der Waals surface area contributed by atoms with E-state index in [0.29, 0.717) is 19.4 Å². The maximum Gasteiger partial charge on any atom is 0.224 e. The van der Waals surface area contributed by atoms with Crippen LogP contribution in [0.1, 0.15) is 32.3 Å². The third kappa shape index (κ3) is 6.32. The summed E-state index contributed by atoms with van der Waals surface area (Å²) in [6, 6.07) is 15.3. The number of nitrogens with one attached hydrogen (secondary N) is 1. The Bertz CT molecular complexity index is 650. The van der Waals surface area contributed by atoms with Crippen molar-refractivity contribution in [2.75, 3.05) is 11.9 Å². The largest absolute Gasteiger partial charge is 0.494 e. The molecule has 4 nitrogen and oxygen atoms in total. The van der Waals surface area contributed by atoms with E-state index in [1.165, 1.54) is 5.56 Å². The van der Waals surface area contributed by atoms with Crippen LogP contribution in [0.4, 0.5) is 5.69 Å². The molecule has 0 bridgehead atoms. The summed E-state index contributed by atoms with van der Waals surface area (Å²) in [4.78, 5) is 12.0. The lowest BCUT2D eigenvalue weighted by Gasteiger charge is -2.11. The van der Waals surface area contributed by atoms with Crippen LogP contribution in [0.3, 0.4) is 0 Å². The molecule has 0 saturated carbocycles. The van der Waals surface area contributed by atoms with E-state index in [4.69, 9.17) is 9.47 Å². The number of hydrogen-bond donors (Lipinski definition) is 1. The first-order chi connectivity index (χ1) is 11.5. The number of carbonyl (C=O) groups excluding carboxylic acids is 1. The molecule has 2 rings (SSSR count). The smallest absolute Gasteiger partial charge is 0.224 e. The number of benzene rings is 2. The van der Waals surface area contributed by atoms with Crippen molar-refractivity contribution in [3.05, 3.63) is 54.1 Å². The van der Waals surface area contributed by atoms with Crippen LogP contribution in [-0.2, 0) is 4.79 Å². The fraction of sp³-hybridized carbons (Fsp3) is 0.350. The van der Waals surface area contributed by atoms with Crippen molar-refractivity contribution in [2.24, 2.45) is 0 Å². The predicted octanol–water partition coefficient (Wildman–Crippen LogP) is 4.58. The first-order valence-electron chi connectivity index (χ1n) is 8.29. The molecule has 1 amide bonds. The lowest BCUT2D eigenvalue weighted by Crippen LogP contribution is -2.13. The topological polar surface area (TPSA) is 47.6 Å². The standard InChI is InChI=1S/C20H25NO3/c1-15(2)24-19-7-4-6-17(14-19)21-20(22)8-5-13-23-18-11-9-16(3)10-12-18/h4,6-7,9-12,14-15H,5,8,13H2,1-3H3,(H,21,22). The van der Waals surface area contributed by atoms with Crippen molar-refractivity contribution < 1.29 is 14.3 Å². The van der Waals surface area contributed by atoms with Crippen molar-refractivity contribution in [2.45, 2.75) is 39.7 Å². The highest BCUT2D eigenvalue weighted by molar-refractivity contribution is 5.90. The van der Waals surface area contributed by atoms with Crippen molar-refractivity contribution >= 4 is 11.6 Å². The van der Waals surface area contributed by atoms with Crippen LogP contribution >= 0.6 is 0 Å². The second-order valence-corrected chi connectivity index (χ2v) is 6.01. The second kappa shape index (κ2) is 8.96. The third-order valence-corrected chi connectivity index (χ3v) is 3.33. The number of amides is 1. The monoisotopic (exact) mass is 327 g/mol. The zero-order valence-electron chi connectivity index (χ0n) is 14.5. The first-order valence-corrected chi connectivity index (χ1v) is 8.29. The van der Waals surface area contributed by atoms with Crippen LogP contribution in [0, 0.1) is 6.92 Å². The fourth-order valence-corrected chi connectivity index (χ4v) is 2.20. The van der Waals surface area contributed by atoms with E-state index in [1.54, 1.807) is 0 Å². The molecule has 0 aliphatic carbocycles. The van der Waals surface area contributed by atoms with E-state index in [-0.39, 0.29) is 12.0 Å². The highest BCUT2D eigenvalue weighted by Gasteiger charge is 2.05. The minimum atomic E-state index is -0.0239. The van der Waals surface area contributed by atoms with Gasteiger partial charge < -0.3 is 14.8 Å². The average molecular weight is 327 g/mol. The van der Waals surface area contributed by atoms with Crippen LogP contribution in [0.5, 0.6) is 11.5 Å². The van der Waals surface area contributed by atoms with Gasteiger partial charge in [0.1, 0.15) is 11.5 Å². The van der Waals surface area contributed by atoms with Crippen molar-refractivity contribution in [3.8, 4) is 11.5 Å². The summed E-state index contributed by atoms with van der Waals surface area (Å²) < 4.78 is 11.2. The Morgan fingerprint density at radius 1 is 1.08 bits per heavy atom. The summed E-state index contributed by atoms with van der Waals surface area (Å²) in [6.45, 7) is 6.50. The van der Waals surface area contributed by atoms with Gasteiger partial charge in [-0.15, -0.1) is 0 Å². The Hall–Kier alpha value is -2.49. The molecule has 0 atom stereocenters. The molecule has 4 heteroatoms.